The van der Waals surface area contributed by atoms with Crippen LogP contribution in [-0.4, -0.2) is 190 Å². The third kappa shape index (κ3) is 17.0. The number of aliphatic hydroxyl groups is 1. The molecule has 402 valence electrons. The zero-order valence-electron chi connectivity index (χ0n) is 44.2. The molecule has 19 nitrogen and oxygen atoms in total. The van der Waals surface area contributed by atoms with Gasteiger partial charge in [0.2, 0.25) is 5.91 Å². The van der Waals surface area contributed by atoms with Gasteiger partial charge in [-0.15, -0.1) is 0 Å². The number of hydrogen-bond donors (Lipinski definition) is 1. The second-order valence-corrected chi connectivity index (χ2v) is 19.9. The smallest absolute Gasteiger partial charge is 0.315 e. The number of unbranched alkanes of at least 4 members (excludes halogenated alkanes) is 1. The van der Waals surface area contributed by atoms with Crippen molar-refractivity contribution in [1.29, 1.82) is 0 Å². The van der Waals surface area contributed by atoms with Gasteiger partial charge in [0.25, 0.3) is 0 Å². The minimum absolute atomic E-state index is 0.000370. The Morgan fingerprint density at radius 3 is 2.23 bits per heavy atom. The first kappa shape index (κ1) is 59.5. The van der Waals surface area contributed by atoms with E-state index in [-0.39, 0.29) is 50.5 Å². The van der Waals surface area contributed by atoms with Crippen molar-refractivity contribution in [2.24, 2.45) is 17.8 Å². The van der Waals surface area contributed by atoms with E-state index in [2.05, 4.69) is 12.1 Å². The summed E-state index contributed by atoms with van der Waals surface area (Å²) in [6, 6.07) is 9.28. The molecule has 0 spiro atoms. The van der Waals surface area contributed by atoms with Crippen LogP contribution in [0.2, 0.25) is 0 Å². The highest BCUT2D eigenvalue weighted by Gasteiger charge is 2.55. The lowest BCUT2D eigenvalue weighted by atomic mass is 9.79. The topological polar surface area (TPSA) is 215 Å². The third-order valence-corrected chi connectivity index (χ3v) is 13.9. The van der Waals surface area contributed by atoms with Gasteiger partial charge in [-0.2, -0.15) is 0 Å². The fourth-order valence-corrected chi connectivity index (χ4v) is 10.5. The Hall–Kier alpha value is -4.08. The van der Waals surface area contributed by atoms with Crippen molar-refractivity contribution in [3.63, 3.8) is 0 Å². The largest absolute Gasteiger partial charge is 0.466 e. The van der Waals surface area contributed by atoms with Crippen LogP contribution < -0.4 is 0 Å². The molecule has 0 aliphatic carbocycles. The van der Waals surface area contributed by atoms with E-state index in [0.29, 0.717) is 32.6 Å². The standard InChI is InChI=1S/C52H83N3O16/c1-13-42(60)68-39-29-41(59)55(24-19-18-22-37-20-16-15-17-21-37)26-25-54(11)31-40(67-35(6)57)32(3)28-38(23-27-56)48(49(39)63-12)70-51-46(61)45(53(9)10)47(34(5)66-51)69-43-30-52(8,71-36(7)58)44(33(4)65-43)50(62)64-14-2/h15-17,20-21,27,32-34,38-40,43-49,51,61H,13-14,18-19,22-26,28-31H2,1-12H3/t32-,33+,34-,38+,39-,40+,43+,44-,45-,46-,47-,48+,49+,51+,52-/m1/s1. The summed E-state index contributed by atoms with van der Waals surface area (Å²) in [5.74, 6) is -4.54. The normalized spacial score (nSPS) is 33.7. The van der Waals surface area contributed by atoms with Crippen LogP contribution in [0.25, 0.3) is 0 Å². The highest BCUT2D eigenvalue weighted by Crippen LogP contribution is 2.41. The molecule has 71 heavy (non-hydrogen) atoms. The van der Waals surface area contributed by atoms with E-state index < -0.39 is 109 Å². The van der Waals surface area contributed by atoms with Gasteiger partial charge in [-0.25, -0.2) is 0 Å². The maximum absolute atomic E-state index is 14.6. The maximum Gasteiger partial charge on any atom is 0.315 e. The zero-order valence-corrected chi connectivity index (χ0v) is 44.2. The quantitative estimate of drug-likeness (QED) is 0.0893. The average Bonchev–Trinajstić information content (AvgIpc) is 3.28. The number of aliphatic hydroxyl groups excluding tert-OH is 1. The van der Waals surface area contributed by atoms with Crippen molar-refractivity contribution in [2.75, 3.05) is 61.0 Å². The average molecular weight is 1010 g/mol. The van der Waals surface area contributed by atoms with Gasteiger partial charge in [0.05, 0.1) is 37.4 Å². The first-order valence-corrected chi connectivity index (χ1v) is 25.3. The first-order valence-electron chi connectivity index (χ1n) is 25.3. The summed E-state index contributed by atoms with van der Waals surface area (Å²) in [7, 11) is 6.82. The SMILES string of the molecule is CCOC(=O)[C@H]1[C@H](C)O[C@@H](O[C@H]2[C@H](N(C)C)[C@@H](O)[C@H](O[C@H]3[C@@H](CC=O)C[C@@H](C)[C@@H](OC(C)=O)CN(C)CCN(CCCCc4ccccc4)C(=O)C[C@@H](OC(=O)CC)[C@@H]3OC)O[C@@H]2C)C[C@@]1(C)OC(C)=O. The van der Waals surface area contributed by atoms with Crippen LogP contribution in [0.3, 0.4) is 0 Å². The molecule has 1 aromatic rings. The lowest BCUT2D eigenvalue weighted by Crippen LogP contribution is -2.66. The number of rotatable bonds is 19. The van der Waals surface area contributed by atoms with Gasteiger partial charge in [-0.3, -0.25) is 24.0 Å². The van der Waals surface area contributed by atoms with Gasteiger partial charge in [0.15, 0.2) is 12.6 Å². The van der Waals surface area contributed by atoms with Crippen LogP contribution in [-0.2, 0) is 77.8 Å². The molecular formula is C52H83N3O16. The fourth-order valence-electron chi connectivity index (χ4n) is 10.5. The Morgan fingerprint density at radius 2 is 1.62 bits per heavy atom. The van der Waals surface area contributed by atoms with E-state index in [0.717, 1.165) is 19.1 Å². The Morgan fingerprint density at radius 1 is 0.915 bits per heavy atom. The molecule has 4 rings (SSSR count). The second kappa shape index (κ2) is 28.4. The molecule has 0 bridgehead atoms. The Bertz CT molecular complexity index is 1860. The van der Waals surface area contributed by atoms with E-state index in [1.165, 1.54) is 26.5 Å². The van der Waals surface area contributed by atoms with Crippen molar-refractivity contribution >= 4 is 36.1 Å². The van der Waals surface area contributed by atoms with Gasteiger partial charge < -0.3 is 67.2 Å². The van der Waals surface area contributed by atoms with Crippen LogP contribution in [0, 0.1) is 17.8 Å². The summed E-state index contributed by atoms with van der Waals surface area (Å²) < 4.78 is 55.8. The lowest BCUT2D eigenvalue weighted by Gasteiger charge is -2.50. The molecule has 1 aromatic carbocycles. The predicted molar refractivity (Wildman–Crippen MR) is 259 cm³/mol. The minimum Gasteiger partial charge on any atom is -0.466 e. The number of likely N-dealkylation sites (N-methyl/N-ethyl adjacent to an activating group) is 2. The molecule has 3 aliphatic rings. The number of nitrogens with zero attached hydrogens (tertiary/aromatic N) is 3. The Balaban J connectivity index is 1.73. The summed E-state index contributed by atoms with van der Waals surface area (Å²) in [5, 5.41) is 12.4. The molecule has 0 unspecified atom stereocenters. The lowest BCUT2D eigenvalue weighted by molar-refractivity contribution is -0.341. The second-order valence-electron chi connectivity index (χ2n) is 19.9. The highest BCUT2D eigenvalue weighted by molar-refractivity contribution is 5.78. The first-order chi connectivity index (χ1) is 33.7. The highest BCUT2D eigenvalue weighted by atomic mass is 16.7. The van der Waals surface area contributed by atoms with Crippen LogP contribution in [0.5, 0.6) is 0 Å². The molecule has 3 fully saturated rings. The number of esters is 4. The van der Waals surface area contributed by atoms with Crippen LogP contribution in [0.15, 0.2) is 30.3 Å². The summed E-state index contributed by atoms with van der Waals surface area (Å²) >= 11 is 0. The molecule has 3 aliphatic heterocycles. The summed E-state index contributed by atoms with van der Waals surface area (Å²) in [4.78, 5) is 84.4. The van der Waals surface area contributed by atoms with Crippen molar-refractivity contribution in [3.8, 4) is 0 Å². The Labute approximate surface area is 420 Å². The molecule has 19 heteroatoms. The van der Waals surface area contributed by atoms with E-state index in [1.807, 2.05) is 37.1 Å². The summed E-state index contributed by atoms with van der Waals surface area (Å²) in [5.41, 5.74) is -0.176. The number of carbonyl (C=O) groups is 6. The van der Waals surface area contributed by atoms with Crippen molar-refractivity contribution < 1.29 is 76.5 Å². The third-order valence-electron chi connectivity index (χ3n) is 13.9. The minimum atomic E-state index is -1.44. The van der Waals surface area contributed by atoms with Gasteiger partial charge >= 0.3 is 23.9 Å². The van der Waals surface area contributed by atoms with E-state index in [4.69, 9.17) is 42.6 Å². The molecule has 3 saturated heterocycles. The number of hydrogen-bond acceptors (Lipinski definition) is 18. The van der Waals surface area contributed by atoms with E-state index in [1.54, 1.807) is 58.5 Å². The zero-order chi connectivity index (χ0) is 52.6. The fraction of sp³-hybridized carbons (Fsp3) is 0.769. The van der Waals surface area contributed by atoms with Crippen molar-refractivity contribution in [1.82, 2.24) is 14.7 Å². The molecule has 0 aromatic heterocycles. The molecule has 0 radical (unpaired) electrons. The van der Waals surface area contributed by atoms with Gasteiger partial charge in [0.1, 0.15) is 48.3 Å². The van der Waals surface area contributed by atoms with E-state index >= 15 is 0 Å². The van der Waals surface area contributed by atoms with Gasteiger partial charge in [-0.1, -0.05) is 44.2 Å². The monoisotopic (exact) mass is 1010 g/mol. The number of ether oxygens (including phenoxy) is 9. The van der Waals surface area contributed by atoms with Gasteiger partial charge in [0, 0.05) is 66.4 Å². The molecule has 3 heterocycles. The van der Waals surface area contributed by atoms with E-state index in [9.17, 15) is 33.9 Å². The molecular weight excluding hydrogens is 923 g/mol. The van der Waals surface area contributed by atoms with Crippen LogP contribution in [0.1, 0.15) is 106 Å². The molecule has 1 N–H and O–H groups in total. The van der Waals surface area contributed by atoms with Crippen LogP contribution >= 0.6 is 0 Å². The number of carbonyl (C=O) groups excluding carboxylic acids is 6. The summed E-state index contributed by atoms with van der Waals surface area (Å²) in [6.07, 6.45) is -7.58. The number of amides is 1. The van der Waals surface area contributed by atoms with Crippen molar-refractivity contribution in [2.45, 2.75) is 180 Å². The molecule has 1 amide bonds. The Kier molecular flexibility index (Phi) is 23.8. The molecule has 0 saturated carbocycles. The van der Waals surface area contributed by atoms with Gasteiger partial charge in [-0.05, 0) is 91.9 Å². The van der Waals surface area contributed by atoms with Crippen molar-refractivity contribution in [3.05, 3.63) is 35.9 Å². The molecule has 15 atom stereocenters. The summed E-state index contributed by atoms with van der Waals surface area (Å²) in [6.45, 7) is 14.6. The predicted octanol–water partition coefficient (Wildman–Crippen LogP) is 4.12. The number of methoxy groups -OCH3 is 1. The number of benzene rings is 1. The van der Waals surface area contributed by atoms with Crippen LogP contribution in [0.4, 0.5) is 0 Å². The maximum atomic E-state index is 14.6. The number of aldehydes is 1. The number of aryl methyl sites for hydroxylation is 1.